The SMILES string of the molecule is COc1cccc(N(Cc2ccnc(-c3cc(OC)c(OC)c(C4CC4)c3)c2)C2CCN(CC3=CC(c4cc(OC)c(OC)c(C5CC5)c4)=CNC3)CC2)c1. The Bertz CT molecular complexity index is 2060. The van der Waals surface area contributed by atoms with E-state index >= 15 is 0 Å². The standard InChI is InChI=1S/C46H54N4O5/c1-51-39-8-6-7-38(25-39)50(29-30-13-16-48-42(20-30)35-22-41(33-11-12-33)46(55-5)44(24-35)53-3)37-14-17-49(18-15-37)28-31-19-36(27-47-26-31)34-21-40(32-9-10-32)45(54-4)43(23-34)52-2/h6-8,13,16,19-25,27,32-33,37,47H,9-12,14-15,17-18,26,28-29H2,1-5H3. The van der Waals surface area contributed by atoms with Crippen molar-refractivity contribution >= 4 is 11.3 Å². The molecule has 9 nitrogen and oxygen atoms in total. The number of hydrogen-bond acceptors (Lipinski definition) is 9. The smallest absolute Gasteiger partial charge is 0.164 e. The van der Waals surface area contributed by atoms with Gasteiger partial charge in [-0.05, 0) is 121 Å². The predicted molar refractivity (Wildman–Crippen MR) is 219 cm³/mol. The highest BCUT2D eigenvalue weighted by Crippen LogP contribution is 2.50. The minimum Gasteiger partial charge on any atom is -0.497 e. The zero-order valence-corrected chi connectivity index (χ0v) is 32.9. The van der Waals surface area contributed by atoms with Gasteiger partial charge in [0.1, 0.15) is 5.75 Å². The van der Waals surface area contributed by atoms with E-state index in [9.17, 15) is 0 Å². The molecule has 1 aromatic heterocycles. The minimum atomic E-state index is 0.379. The van der Waals surface area contributed by atoms with Crippen molar-refractivity contribution in [3.05, 3.63) is 107 Å². The molecule has 0 bridgehead atoms. The van der Waals surface area contributed by atoms with Gasteiger partial charge in [0.2, 0.25) is 0 Å². The number of nitrogens with zero attached hydrogens (tertiary/aromatic N) is 3. The number of rotatable bonds is 15. The lowest BCUT2D eigenvalue weighted by atomic mass is 9.96. The molecule has 2 aliphatic carbocycles. The van der Waals surface area contributed by atoms with E-state index in [1.165, 1.54) is 64.8 Å². The first kappa shape index (κ1) is 36.8. The fraction of sp³-hybridized carbons (Fsp3) is 0.413. The Morgan fingerprint density at radius 2 is 1.40 bits per heavy atom. The number of hydrogen-bond donors (Lipinski definition) is 1. The molecular formula is C46H54N4O5. The second-order valence-electron chi connectivity index (χ2n) is 15.3. The quantitative estimate of drug-likeness (QED) is 0.129. The normalized spacial score (nSPS) is 17.5. The lowest BCUT2D eigenvalue weighted by Crippen LogP contribution is -2.45. The average Bonchev–Trinajstić information content (AvgIpc) is 4.17. The van der Waals surface area contributed by atoms with Crippen molar-refractivity contribution in [1.29, 1.82) is 0 Å². The number of pyridine rings is 1. The predicted octanol–water partition coefficient (Wildman–Crippen LogP) is 8.59. The molecule has 55 heavy (non-hydrogen) atoms. The maximum Gasteiger partial charge on any atom is 0.164 e. The number of anilines is 1. The van der Waals surface area contributed by atoms with Crippen LogP contribution in [-0.4, -0.2) is 77.7 Å². The summed E-state index contributed by atoms with van der Waals surface area (Å²) in [6.07, 6.45) is 13.4. The van der Waals surface area contributed by atoms with Crippen molar-refractivity contribution in [2.75, 3.05) is 66.6 Å². The number of allylic oxidation sites excluding steroid dienone is 2. The maximum absolute atomic E-state index is 5.79. The van der Waals surface area contributed by atoms with Crippen LogP contribution >= 0.6 is 0 Å². The molecule has 2 saturated carbocycles. The summed E-state index contributed by atoms with van der Waals surface area (Å²) in [6.45, 7) is 4.63. The Morgan fingerprint density at radius 1 is 0.727 bits per heavy atom. The van der Waals surface area contributed by atoms with E-state index in [0.29, 0.717) is 17.9 Å². The summed E-state index contributed by atoms with van der Waals surface area (Å²) in [5.74, 6) is 5.22. The van der Waals surface area contributed by atoms with E-state index in [0.717, 1.165) is 85.6 Å². The van der Waals surface area contributed by atoms with Crippen molar-refractivity contribution in [2.45, 2.75) is 62.9 Å². The summed E-state index contributed by atoms with van der Waals surface area (Å²) >= 11 is 0. The molecule has 0 atom stereocenters. The first-order valence-corrected chi connectivity index (χ1v) is 19.7. The third-order valence-corrected chi connectivity index (χ3v) is 11.6. The summed E-state index contributed by atoms with van der Waals surface area (Å²) in [7, 11) is 8.64. The molecule has 0 unspecified atom stereocenters. The van der Waals surface area contributed by atoms with Crippen LogP contribution in [0, 0.1) is 0 Å². The number of methoxy groups -OCH3 is 5. The fourth-order valence-electron chi connectivity index (χ4n) is 8.39. The Balaban J connectivity index is 0.987. The maximum atomic E-state index is 5.79. The first-order chi connectivity index (χ1) is 27.0. The van der Waals surface area contributed by atoms with Gasteiger partial charge in [0.25, 0.3) is 0 Å². The van der Waals surface area contributed by atoms with Crippen molar-refractivity contribution in [2.24, 2.45) is 0 Å². The van der Waals surface area contributed by atoms with Crippen LogP contribution in [0.25, 0.3) is 16.8 Å². The van der Waals surface area contributed by atoms with Crippen LogP contribution < -0.4 is 33.9 Å². The second-order valence-corrected chi connectivity index (χ2v) is 15.3. The Morgan fingerprint density at radius 3 is 2.04 bits per heavy atom. The Hall–Kier alpha value is -5.15. The van der Waals surface area contributed by atoms with Gasteiger partial charge in [0.05, 0.1) is 41.2 Å². The molecule has 3 fully saturated rings. The van der Waals surface area contributed by atoms with E-state index in [2.05, 4.69) is 82.0 Å². The second kappa shape index (κ2) is 16.3. The Kier molecular flexibility index (Phi) is 10.9. The van der Waals surface area contributed by atoms with E-state index < -0.39 is 0 Å². The van der Waals surface area contributed by atoms with Gasteiger partial charge >= 0.3 is 0 Å². The number of benzene rings is 3. The first-order valence-electron chi connectivity index (χ1n) is 19.7. The molecular weight excluding hydrogens is 689 g/mol. The summed E-state index contributed by atoms with van der Waals surface area (Å²) in [5, 5.41) is 3.56. The molecule has 3 heterocycles. The lowest BCUT2D eigenvalue weighted by Gasteiger charge is -2.40. The molecule has 4 aromatic rings. The van der Waals surface area contributed by atoms with Gasteiger partial charge in [-0.3, -0.25) is 9.88 Å². The molecule has 2 aliphatic heterocycles. The summed E-state index contributed by atoms with van der Waals surface area (Å²) in [4.78, 5) is 10.0. The van der Waals surface area contributed by atoms with Crippen LogP contribution in [0.15, 0.2) is 84.7 Å². The van der Waals surface area contributed by atoms with E-state index in [-0.39, 0.29) is 0 Å². The average molecular weight is 743 g/mol. The molecule has 0 spiro atoms. The third kappa shape index (κ3) is 8.13. The molecule has 9 heteroatoms. The molecule has 1 N–H and O–H groups in total. The number of nitrogens with one attached hydrogen (secondary N) is 1. The van der Waals surface area contributed by atoms with Gasteiger partial charge in [0, 0.05) is 79.6 Å². The van der Waals surface area contributed by atoms with Gasteiger partial charge in [-0.15, -0.1) is 0 Å². The van der Waals surface area contributed by atoms with Crippen molar-refractivity contribution in [3.8, 4) is 40.0 Å². The summed E-state index contributed by atoms with van der Waals surface area (Å²) in [5.41, 5.74) is 10.6. The van der Waals surface area contributed by atoms with Gasteiger partial charge in [-0.2, -0.15) is 0 Å². The van der Waals surface area contributed by atoms with Crippen LogP contribution in [0.4, 0.5) is 5.69 Å². The molecule has 3 aromatic carbocycles. The van der Waals surface area contributed by atoms with Crippen LogP contribution in [-0.2, 0) is 6.54 Å². The Labute approximate surface area is 325 Å². The minimum absolute atomic E-state index is 0.379. The zero-order valence-electron chi connectivity index (χ0n) is 32.9. The van der Waals surface area contributed by atoms with Gasteiger partial charge in [-0.1, -0.05) is 12.1 Å². The number of piperidine rings is 1. The largest absolute Gasteiger partial charge is 0.497 e. The highest BCUT2D eigenvalue weighted by Gasteiger charge is 2.31. The van der Waals surface area contributed by atoms with Crippen LogP contribution in [0.1, 0.15) is 72.6 Å². The summed E-state index contributed by atoms with van der Waals surface area (Å²) in [6, 6.07) is 22.0. The topological polar surface area (TPSA) is 77.6 Å². The number of dihydropyridines is 1. The molecule has 0 amide bonds. The lowest BCUT2D eigenvalue weighted by molar-refractivity contribution is 0.222. The monoisotopic (exact) mass is 742 g/mol. The van der Waals surface area contributed by atoms with E-state index in [1.807, 2.05) is 12.3 Å². The van der Waals surface area contributed by atoms with Crippen LogP contribution in [0.3, 0.4) is 0 Å². The highest BCUT2D eigenvalue weighted by molar-refractivity contribution is 5.78. The number of likely N-dealkylation sites (tertiary alicyclic amines) is 1. The molecule has 1 saturated heterocycles. The number of ether oxygens (including phenoxy) is 5. The van der Waals surface area contributed by atoms with E-state index in [1.54, 1.807) is 35.5 Å². The van der Waals surface area contributed by atoms with Crippen molar-refractivity contribution in [3.63, 3.8) is 0 Å². The highest BCUT2D eigenvalue weighted by atomic mass is 16.5. The molecule has 288 valence electrons. The fourth-order valence-corrected chi connectivity index (χ4v) is 8.39. The van der Waals surface area contributed by atoms with Crippen LogP contribution in [0.2, 0.25) is 0 Å². The molecule has 0 radical (unpaired) electrons. The van der Waals surface area contributed by atoms with Gasteiger partial charge < -0.3 is 33.9 Å². The third-order valence-electron chi connectivity index (χ3n) is 11.6. The molecule has 4 aliphatic rings. The zero-order chi connectivity index (χ0) is 37.9. The van der Waals surface area contributed by atoms with Crippen molar-refractivity contribution in [1.82, 2.24) is 15.2 Å². The summed E-state index contributed by atoms with van der Waals surface area (Å²) < 4.78 is 28.8. The molecule has 8 rings (SSSR count). The van der Waals surface area contributed by atoms with Crippen LogP contribution in [0.5, 0.6) is 28.7 Å². The van der Waals surface area contributed by atoms with Gasteiger partial charge in [-0.25, -0.2) is 0 Å². The van der Waals surface area contributed by atoms with Gasteiger partial charge in [0.15, 0.2) is 23.0 Å². The van der Waals surface area contributed by atoms with Crippen molar-refractivity contribution < 1.29 is 23.7 Å². The van der Waals surface area contributed by atoms with E-state index in [4.69, 9.17) is 28.7 Å². The number of aromatic nitrogens is 1.